The normalized spacial score (nSPS) is 12.0. The fourth-order valence-electron chi connectivity index (χ4n) is 7.86. The van der Waals surface area contributed by atoms with Crippen LogP contribution in [0.2, 0.25) is 0 Å². The summed E-state index contributed by atoms with van der Waals surface area (Å²) >= 11 is 0. The molecule has 0 aliphatic rings. The molecule has 80 heavy (non-hydrogen) atoms. The van der Waals surface area contributed by atoms with E-state index >= 15 is 0 Å². The van der Waals surface area contributed by atoms with E-state index in [1.54, 1.807) is 9.36 Å². The maximum absolute atomic E-state index is 13.8. The second-order valence-electron chi connectivity index (χ2n) is 22.2. The molecular formula is C57H104N12O11. The minimum absolute atomic E-state index is 0.0632. The number of carbonyl (C=O) groups excluding carboxylic acids is 3. The van der Waals surface area contributed by atoms with Gasteiger partial charge < -0.3 is 53.8 Å². The average molecular weight is 1130 g/mol. The van der Waals surface area contributed by atoms with E-state index in [4.69, 9.17) is 37.9 Å². The molecule has 0 atom stereocenters. The first-order valence-electron chi connectivity index (χ1n) is 29.8. The molecule has 0 saturated carbocycles. The number of aryl methyl sites for hydroxylation is 3. The molecule has 3 N–H and O–H groups in total. The predicted molar refractivity (Wildman–Crippen MR) is 305 cm³/mol. The topological polar surface area (TPSA) is 253 Å². The Morgan fingerprint density at radius 2 is 0.762 bits per heavy atom. The number of nitrogens with zero attached hydrogens (tertiary/aromatic N) is 9. The Morgan fingerprint density at radius 1 is 0.425 bits per heavy atom. The molecule has 458 valence electrons. The fourth-order valence-corrected chi connectivity index (χ4v) is 7.86. The number of aromatic nitrogens is 9. The van der Waals surface area contributed by atoms with Crippen LogP contribution in [0, 0.1) is 23.7 Å². The Kier molecular flexibility index (Phi) is 38.5. The molecule has 0 fully saturated rings. The van der Waals surface area contributed by atoms with Crippen molar-refractivity contribution in [2.24, 2.45) is 23.7 Å². The van der Waals surface area contributed by atoms with Gasteiger partial charge in [-0.2, -0.15) is 0 Å². The summed E-state index contributed by atoms with van der Waals surface area (Å²) in [6, 6.07) is 0. The molecule has 0 aliphatic carbocycles. The lowest BCUT2D eigenvalue weighted by Crippen LogP contribution is -2.55. The molecule has 23 heteroatoms. The first-order chi connectivity index (χ1) is 38.7. The van der Waals surface area contributed by atoms with Crippen molar-refractivity contribution in [3.05, 3.63) is 35.7 Å². The van der Waals surface area contributed by atoms with Gasteiger partial charge in [-0.15, -0.1) is 15.3 Å². The number of hydrogen-bond acceptors (Lipinski definition) is 17. The minimum atomic E-state index is -1.28. The van der Waals surface area contributed by atoms with Gasteiger partial charge in [0, 0.05) is 130 Å². The summed E-state index contributed by atoms with van der Waals surface area (Å²) in [4.78, 5) is 41.2. The quantitative estimate of drug-likeness (QED) is 0.0580. The molecule has 0 radical (unpaired) electrons. The first-order valence-corrected chi connectivity index (χ1v) is 29.8. The third kappa shape index (κ3) is 36.8. The van der Waals surface area contributed by atoms with E-state index in [0.29, 0.717) is 122 Å². The lowest BCUT2D eigenvalue weighted by molar-refractivity contribution is -0.129. The molecule has 3 rings (SSSR count). The van der Waals surface area contributed by atoms with E-state index in [0.717, 1.165) is 75.4 Å². The van der Waals surface area contributed by atoms with Gasteiger partial charge in [0.25, 0.3) is 0 Å². The SMILES string of the molecule is CC(C)CCOCCC(=O)NC(CCOCCOCCCn1cc(CCOCCC(C)C)nn1)(CC(=O)NCCOCCCn1cc(CCOCCC(C)C)nn1)CC(=O)NCCOCCCn1cc(CCOCCC(C)C)nn1. The Morgan fingerprint density at radius 3 is 1.14 bits per heavy atom. The standard InChI is InChI=1S/C57H104N12O11/c1-47(2)12-29-76-33-16-51-44-67(64-61-51)23-9-26-73-38-21-58-55(71)42-57(60-54(70)19-36-79-32-15-50(7)8,20-37-80-41-40-75-28-11-25-69-46-53(63-66-69)18-35-78-31-14-49(5)6)43-56(72)59-22-39-74-27-10-24-68-45-52(62-65-68)17-34-77-30-13-48(3)4/h44-50H,9-43H2,1-8H3,(H,58,71)(H,59,72)(H,60,70). The minimum Gasteiger partial charge on any atom is -0.381 e. The molecule has 0 saturated heterocycles. The van der Waals surface area contributed by atoms with Gasteiger partial charge in [0.05, 0.1) is 88.3 Å². The van der Waals surface area contributed by atoms with Crippen LogP contribution in [-0.2, 0) is 91.2 Å². The van der Waals surface area contributed by atoms with Gasteiger partial charge in [-0.3, -0.25) is 28.4 Å². The van der Waals surface area contributed by atoms with E-state index in [2.05, 4.69) is 102 Å². The van der Waals surface area contributed by atoms with Gasteiger partial charge in [-0.05, 0) is 75.0 Å². The van der Waals surface area contributed by atoms with E-state index in [1.165, 1.54) is 0 Å². The molecule has 3 aromatic heterocycles. The molecule has 3 amide bonds. The highest BCUT2D eigenvalue weighted by Crippen LogP contribution is 2.22. The monoisotopic (exact) mass is 1130 g/mol. The Labute approximate surface area is 478 Å². The molecule has 0 unspecified atom stereocenters. The zero-order valence-corrected chi connectivity index (χ0v) is 50.3. The maximum atomic E-state index is 13.8. The third-order valence-electron chi connectivity index (χ3n) is 12.8. The van der Waals surface area contributed by atoms with Crippen molar-refractivity contribution >= 4 is 17.7 Å². The van der Waals surface area contributed by atoms with Crippen molar-refractivity contribution in [1.29, 1.82) is 0 Å². The molecule has 0 spiro atoms. The predicted octanol–water partition coefficient (Wildman–Crippen LogP) is 5.62. The van der Waals surface area contributed by atoms with Crippen LogP contribution < -0.4 is 16.0 Å². The summed E-state index contributed by atoms with van der Waals surface area (Å²) in [5.41, 5.74) is 1.39. The van der Waals surface area contributed by atoms with E-state index in [9.17, 15) is 14.4 Å². The first kappa shape index (κ1) is 69.8. The largest absolute Gasteiger partial charge is 0.381 e. The van der Waals surface area contributed by atoms with E-state index in [1.807, 2.05) is 23.3 Å². The highest BCUT2D eigenvalue weighted by molar-refractivity contribution is 5.84. The van der Waals surface area contributed by atoms with Crippen LogP contribution in [0.1, 0.15) is 143 Å². The molecule has 0 aliphatic heterocycles. The van der Waals surface area contributed by atoms with Crippen molar-refractivity contribution in [3.8, 4) is 0 Å². The van der Waals surface area contributed by atoms with Crippen LogP contribution in [0.15, 0.2) is 18.6 Å². The number of carbonyl (C=O) groups is 3. The van der Waals surface area contributed by atoms with Crippen LogP contribution >= 0.6 is 0 Å². The van der Waals surface area contributed by atoms with Crippen LogP contribution in [0.3, 0.4) is 0 Å². The average Bonchev–Trinajstić information content (AvgIpc) is 4.19. The Bertz CT molecular complexity index is 1930. The summed E-state index contributed by atoms with van der Waals surface area (Å²) in [5.74, 6) is 1.29. The zero-order chi connectivity index (χ0) is 57.9. The van der Waals surface area contributed by atoms with E-state index in [-0.39, 0.29) is 89.5 Å². The molecule has 3 heterocycles. The van der Waals surface area contributed by atoms with Crippen LogP contribution in [0.25, 0.3) is 0 Å². The smallest absolute Gasteiger partial charge is 0.222 e. The summed E-state index contributed by atoms with van der Waals surface area (Å²) in [5, 5.41) is 34.4. The van der Waals surface area contributed by atoms with Gasteiger partial charge in [-0.1, -0.05) is 71.0 Å². The fraction of sp³-hybridized carbons (Fsp3) is 0.842. The third-order valence-corrected chi connectivity index (χ3v) is 12.8. The number of ether oxygens (including phenoxy) is 8. The van der Waals surface area contributed by atoms with Gasteiger partial charge >= 0.3 is 0 Å². The number of rotatable bonds is 53. The van der Waals surface area contributed by atoms with Gasteiger partial charge in [-0.25, -0.2) is 0 Å². The van der Waals surface area contributed by atoms with Crippen molar-refractivity contribution in [3.63, 3.8) is 0 Å². The molecule has 23 nitrogen and oxygen atoms in total. The second kappa shape index (κ2) is 44.1. The van der Waals surface area contributed by atoms with Crippen LogP contribution in [-0.4, -0.2) is 187 Å². The number of hydrogen-bond donors (Lipinski definition) is 3. The highest BCUT2D eigenvalue weighted by atomic mass is 16.5. The Hall–Kier alpha value is -4.49. The highest BCUT2D eigenvalue weighted by Gasteiger charge is 2.37. The van der Waals surface area contributed by atoms with Crippen molar-refractivity contribution in [2.45, 2.75) is 170 Å². The lowest BCUT2D eigenvalue weighted by Gasteiger charge is -2.34. The molecular weight excluding hydrogens is 1030 g/mol. The molecule has 3 aromatic rings. The molecule has 0 bridgehead atoms. The lowest BCUT2D eigenvalue weighted by atomic mass is 9.86. The van der Waals surface area contributed by atoms with Crippen molar-refractivity contribution in [1.82, 2.24) is 60.9 Å². The van der Waals surface area contributed by atoms with Gasteiger partial charge in [0.2, 0.25) is 17.7 Å². The van der Waals surface area contributed by atoms with Crippen LogP contribution in [0.4, 0.5) is 0 Å². The number of nitrogens with one attached hydrogen (secondary N) is 3. The molecule has 0 aromatic carbocycles. The van der Waals surface area contributed by atoms with Crippen molar-refractivity contribution in [2.75, 3.05) is 119 Å². The number of amides is 3. The summed E-state index contributed by atoms with van der Waals surface area (Å²) < 4.78 is 52.0. The summed E-state index contributed by atoms with van der Waals surface area (Å²) in [6.07, 6.45) is 14.0. The Balaban J connectivity index is 1.52. The van der Waals surface area contributed by atoms with Crippen LogP contribution in [0.5, 0.6) is 0 Å². The summed E-state index contributed by atoms with van der Waals surface area (Å²) in [6.45, 7) is 27.3. The summed E-state index contributed by atoms with van der Waals surface area (Å²) in [7, 11) is 0. The second-order valence-corrected chi connectivity index (χ2v) is 22.2. The maximum Gasteiger partial charge on any atom is 0.222 e. The zero-order valence-electron chi connectivity index (χ0n) is 50.3. The van der Waals surface area contributed by atoms with Gasteiger partial charge in [0.1, 0.15) is 0 Å². The van der Waals surface area contributed by atoms with Crippen molar-refractivity contribution < 1.29 is 52.3 Å². The van der Waals surface area contributed by atoms with E-state index < -0.39 is 5.54 Å². The van der Waals surface area contributed by atoms with Gasteiger partial charge in [0.15, 0.2) is 0 Å².